The predicted octanol–water partition coefficient (Wildman–Crippen LogP) is 4.18. The molecule has 1 heterocycles. The molecule has 0 aliphatic heterocycles. The van der Waals surface area contributed by atoms with Crippen LogP contribution in [0.15, 0.2) is 12.1 Å². The Morgan fingerprint density at radius 3 is 2.47 bits per heavy atom. The minimum Gasteiger partial charge on any atom is -0.416 e. The van der Waals surface area contributed by atoms with Gasteiger partial charge >= 0.3 is 0 Å². The maximum Gasteiger partial charge on any atom is 0.191 e. The molecule has 1 aromatic rings. The van der Waals surface area contributed by atoms with Crippen LogP contribution < -0.4 is 0 Å². The quantitative estimate of drug-likeness (QED) is 0.767. The fraction of sp³-hybridized carbons (Fsp3) is 0.615. The van der Waals surface area contributed by atoms with Gasteiger partial charge in [0.2, 0.25) is 0 Å². The molecule has 0 aliphatic rings. The second kappa shape index (κ2) is 5.34. The molecule has 0 radical (unpaired) electrons. The highest BCUT2D eigenvalue weighted by Gasteiger charge is 2.36. The molecule has 0 saturated heterocycles. The molecule has 0 aliphatic carbocycles. The van der Waals surface area contributed by atoms with E-state index in [4.69, 9.17) is 9.69 Å². The van der Waals surface area contributed by atoms with Gasteiger partial charge in [-0.1, -0.05) is 20.8 Å². The van der Waals surface area contributed by atoms with Crippen LogP contribution >= 0.6 is 11.3 Å². The van der Waals surface area contributed by atoms with E-state index in [1.807, 2.05) is 12.1 Å². The van der Waals surface area contributed by atoms with Crippen LogP contribution in [0, 0.1) is 11.3 Å². The van der Waals surface area contributed by atoms with E-state index in [0.29, 0.717) is 0 Å². The van der Waals surface area contributed by atoms with E-state index >= 15 is 0 Å². The molecule has 17 heavy (non-hydrogen) atoms. The Hall–Kier alpha value is -0.633. The normalized spacial score (nSPS) is 12.5. The average Bonchev–Trinajstić information content (AvgIpc) is 2.63. The van der Waals surface area contributed by atoms with Crippen molar-refractivity contribution in [1.82, 2.24) is 0 Å². The molecule has 0 atom stereocenters. The first-order valence-electron chi connectivity index (χ1n) is 5.89. The van der Waals surface area contributed by atoms with Gasteiger partial charge in [0.1, 0.15) is 10.9 Å². The summed E-state index contributed by atoms with van der Waals surface area (Å²) in [6.45, 7) is 12.0. The number of thiophene rings is 1. The molecular formula is C13H21NOSSi. The second-order valence-electron chi connectivity index (χ2n) is 5.74. The van der Waals surface area contributed by atoms with Crippen LogP contribution in [0.1, 0.15) is 30.5 Å². The summed E-state index contributed by atoms with van der Waals surface area (Å²) in [7, 11) is -1.62. The Labute approximate surface area is 109 Å². The summed E-state index contributed by atoms with van der Waals surface area (Å²) in [6.07, 6.45) is 0.916. The zero-order chi connectivity index (χ0) is 13.1. The van der Waals surface area contributed by atoms with Crippen LogP contribution in [0.3, 0.4) is 0 Å². The van der Waals surface area contributed by atoms with Gasteiger partial charge in [-0.05, 0) is 30.3 Å². The van der Waals surface area contributed by atoms with Crippen LogP contribution in [-0.2, 0) is 10.8 Å². The Balaban J connectivity index is 2.46. The van der Waals surface area contributed by atoms with Crippen LogP contribution in [-0.4, -0.2) is 14.9 Å². The molecule has 0 aromatic carbocycles. The third kappa shape index (κ3) is 3.95. The smallest absolute Gasteiger partial charge is 0.191 e. The molecule has 0 bridgehead atoms. The van der Waals surface area contributed by atoms with E-state index in [9.17, 15) is 0 Å². The van der Waals surface area contributed by atoms with Crippen LogP contribution in [0.4, 0.5) is 0 Å². The lowest BCUT2D eigenvalue weighted by molar-refractivity contribution is 0.293. The molecule has 0 fully saturated rings. The van der Waals surface area contributed by atoms with E-state index in [-0.39, 0.29) is 5.04 Å². The Bertz CT molecular complexity index is 412. The zero-order valence-corrected chi connectivity index (χ0v) is 13.1. The van der Waals surface area contributed by atoms with Crippen molar-refractivity contribution in [3.63, 3.8) is 0 Å². The Morgan fingerprint density at radius 1 is 1.35 bits per heavy atom. The van der Waals surface area contributed by atoms with Crippen molar-refractivity contribution in [3.05, 3.63) is 21.9 Å². The second-order valence-corrected chi connectivity index (χ2v) is 11.7. The lowest BCUT2D eigenvalue weighted by Crippen LogP contribution is -2.41. The van der Waals surface area contributed by atoms with Crippen LogP contribution in [0.5, 0.6) is 0 Å². The first-order chi connectivity index (χ1) is 7.76. The fourth-order valence-electron chi connectivity index (χ4n) is 1.20. The number of nitriles is 1. The standard InChI is InChI=1S/C13H21NOSSi/c1-13(2,3)17(4,5)15-9-8-11-6-7-12(10-14)16-11/h6-7H,8-9H2,1-5H3. The molecule has 0 unspecified atom stereocenters. The minimum absolute atomic E-state index is 0.264. The molecule has 94 valence electrons. The molecule has 4 heteroatoms. The van der Waals surface area contributed by atoms with E-state index in [1.54, 1.807) is 11.3 Å². The molecule has 2 nitrogen and oxygen atoms in total. The topological polar surface area (TPSA) is 33.0 Å². The maximum atomic E-state index is 8.75. The Kier molecular flexibility index (Phi) is 4.53. The van der Waals surface area contributed by atoms with Gasteiger partial charge in [-0.25, -0.2) is 0 Å². The molecule has 0 saturated carbocycles. The minimum atomic E-state index is -1.62. The number of nitrogens with zero attached hydrogens (tertiary/aromatic N) is 1. The van der Waals surface area contributed by atoms with Gasteiger partial charge in [0, 0.05) is 17.9 Å². The predicted molar refractivity (Wildman–Crippen MR) is 75.9 cm³/mol. The van der Waals surface area contributed by atoms with Crippen LogP contribution in [0.25, 0.3) is 0 Å². The van der Waals surface area contributed by atoms with E-state index in [2.05, 4.69) is 39.9 Å². The number of hydrogen-bond acceptors (Lipinski definition) is 3. The average molecular weight is 267 g/mol. The lowest BCUT2D eigenvalue weighted by atomic mass is 10.2. The number of hydrogen-bond donors (Lipinski definition) is 0. The SMILES string of the molecule is CC(C)(C)[Si](C)(C)OCCc1ccc(C#N)s1. The lowest BCUT2D eigenvalue weighted by Gasteiger charge is -2.36. The van der Waals surface area contributed by atoms with Gasteiger partial charge in [0.15, 0.2) is 8.32 Å². The molecule has 1 aromatic heterocycles. The van der Waals surface area contributed by atoms with Gasteiger partial charge in [-0.15, -0.1) is 11.3 Å². The zero-order valence-electron chi connectivity index (χ0n) is 11.3. The van der Waals surface area contributed by atoms with Gasteiger partial charge in [0.05, 0.1) is 0 Å². The van der Waals surface area contributed by atoms with Crippen molar-refractivity contribution in [2.24, 2.45) is 0 Å². The summed E-state index contributed by atoms with van der Waals surface area (Å²) in [5.41, 5.74) is 0. The summed E-state index contributed by atoms with van der Waals surface area (Å²) >= 11 is 1.57. The van der Waals surface area contributed by atoms with Crippen molar-refractivity contribution < 1.29 is 4.43 Å². The highest BCUT2D eigenvalue weighted by molar-refractivity contribution is 7.12. The monoisotopic (exact) mass is 267 g/mol. The summed E-state index contributed by atoms with van der Waals surface area (Å²) in [5, 5.41) is 9.01. The van der Waals surface area contributed by atoms with Crippen molar-refractivity contribution >= 4 is 19.7 Å². The van der Waals surface area contributed by atoms with Gasteiger partial charge in [0.25, 0.3) is 0 Å². The summed E-state index contributed by atoms with van der Waals surface area (Å²) in [4.78, 5) is 2.02. The maximum absolute atomic E-state index is 8.75. The largest absolute Gasteiger partial charge is 0.416 e. The summed E-state index contributed by atoms with van der Waals surface area (Å²) < 4.78 is 6.10. The first-order valence-corrected chi connectivity index (χ1v) is 9.61. The summed E-state index contributed by atoms with van der Waals surface area (Å²) in [5.74, 6) is 0. The Morgan fingerprint density at radius 2 is 2.00 bits per heavy atom. The van der Waals surface area contributed by atoms with E-state index < -0.39 is 8.32 Å². The third-order valence-corrected chi connectivity index (χ3v) is 8.98. The van der Waals surface area contributed by atoms with Crippen molar-refractivity contribution in [2.45, 2.75) is 45.3 Å². The van der Waals surface area contributed by atoms with E-state index in [1.165, 1.54) is 4.88 Å². The molecule has 0 spiro atoms. The van der Waals surface area contributed by atoms with Gasteiger partial charge in [-0.3, -0.25) is 0 Å². The number of rotatable bonds is 4. The molecule has 0 N–H and O–H groups in total. The van der Waals surface area contributed by atoms with Gasteiger partial charge < -0.3 is 4.43 Å². The van der Waals surface area contributed by atoms with Gasteiger partial charge in [-0.2, -0.15) is 5.26 Å². The van der Waals surface area contributed by atoms with Crippen molar-refractivity contribution in [1.29, 1.82) is 5.26 Å². The third-order valence-electron chi connectivity index (χ3n) is 3.39. The summed E-state index contributed by atoms with van der Waals surface area (Å²) in [6, 6.07) is 6.07. The molecule has 0 amide bonds. The van der Waals surface area contributed by atoms with E-state index in [0.717, 1.165) is 17.9 Å². The first kappa shape index (κ1) is 14.4. The van der Waals surface area contributed by atoms with Crippen molar-refractivity contribution in [3.8, 4) is 6.07 Å². The molecule has 1 rings (SSSR count). The highest BCUT2D eigenvalue weighted by atomic mass is 32.1. The van der Waals surface area contributed by atoms with Crippen molar-refractivity contribution in [2.75, 3.05) is 6.61 Å². The van der Waals surface area contributed by atoms with Crippen LogP contribution in [0.2, 0.25) is 18.1 Å². The highest BCUT2D eigenvalue weighted by Crippen LogP contribution is 2.36. The fourth-order valence-corrected chi connectivity index (χ4v) is 3.03. The molecular weight excluding hydrogens is 246 g/mol.